The summed E-state index contributed by atoms with van der Waals surface area (Å²) in [5.41, 5.74) is 5.19. The highest BCUT2D eigenvalue weighted by Crippen LogP contribution is 2.33. The fraction of sp³-hybridized carbons (Fsp3) is 0.409. The smallest absolute Gasteiger partial charge is 0.117 e. The van der Waals surface area contributed by atoms with E-state index in [1.54, 1.807) is 12.4 Å². The zero-order chi connectivity index (χ0) is 21.6. The minimum Gasteiger partial charge on any atom is -0.394 e. The highest BCUT2D eigenvalue weighted by atomic mass is 16.6. The van der Waals surface area contributed by atoms with Gasteiger partial charge in [-0.3, -0.25) is 0 Å². The van der Waals surface area contributed by atoms with E-state index in [1.807, 2.05) is 48.9 Å². The third kappa shape index (κ3) is 3.51. The van der Waals surface area contributed by atoms with Crippen molar-refractivity contribution in [3.8, 4) is 11.1 Å². The molecule has 1 saturated heterocycles. The van der Waals surface area contributed by atoms with Gasteiger partial charge in [0.1, 0.15) is 36.6 Å². The Balaban J connectivity index is 1.63. The van der Waals surface area contributed by atoms with Gasteiger partial charge < -0.3 is 34.8 Å². The monoisotopic (exact) mass is 414 g/mol. The van der Waals surface area contributed by atoms with E-state index < -0.39 is 43.2 Å². The van der Waals surface area contributed by atoms with Crippen molar-refractivity contribution < 1.29 is 30.3 Å². The minimum absolute atomic E-state index is 0.532. The highest BCUT2D eigenvalue weighted by Gasteiger charge is 2.46. The van der Waals surface area contributed by atoms with Crippen LogP contribution in [0.4, 0.5) is 0 Å². The molecule has 0 saturated carbocycles. The van der Waals surface area contributed by atoms with Gasteiger partial charge in [0, 0.05) is 7.05 Å². The van der Waals surface area contributed by atoms with Gasteiger partial charge in [0.05, 0.1) is 24.0 Å². The van der Waals surface area contributed by atoms with Gasteiger partial charge in [-0.25, -0.2) is 4.98 Å². The highest BCUT2D eigenvalue weighted by molar-refractivity contribution is 5.82. The zero-order valence-corrected chi connectivity index (χ0v) is 16.8. The fourth-order valence-corrected chi connectivity index (χ4v) is 4.06. The molecule has 2 aromatic carbocycles. The number of hydrogen-bond acceptors (Lipinski definition) is 7. The molecule has 1 fully saturated rings. The van der Waals surface area contributed by atoms with Crippen molar-refractivity contribution >= 4 is 11.0 Å². The molecule has 0 spiro atoms. The van der Waals surface area contributed by atoms with Crippen LogP contribution in [0.2, 0.25) is 0 Å². The van der Waals surface area contributed by atoms with E-state index in [1.165, 1.54) is 0 Å². The molecule has 4 rings (SSSR count). The van der Waals surface area contributed by atoms with Gasteiger partial charge in [-0.1, -0.05) is 24.3 Å². The Morgan fingerprint density at radius 3 is 2.43 bits per heavy atom. The number of hydrogen-bond donors (Lipinski definition) is 5. The van der Waals surface area contributed by atoms with Crippen molar-refractivity contribution in [1.82, 2.24) is 9.55 Å². The maximum Gasteiger partial charge on any atom is 0.117 e. The number of nitrogens with zero attached hydrogens (tertiary/aromatic N) is 2. The standard InChI is InChI=1S/C22H26N2O6/c1-11-7-12(13-4-6-15-16(8-13)24(2)10-23-15)3-5-14(11)18(26)22-21(29)20(28)19(27)17(9-25)30-22/h3-8,10,17-22,25-29H,9H2,1-2H3/t17-,18-,19-,20+,21+,22-/m1/s1. The molecule has 2 heterocycles. The Labute approximate surface area is 173 Å². The maximum atomic E-state index is 10.9. The second-order valence-corrected chi connectivity index (χ2v) is 7.87. The summed E-state index contributed by atoms with van der Waals surface area (Å²) in [7, 11) is 1.93. The third-order valence-electron chi connectivity index (χ3n) is 5.89. The van der Waals surface area contributed by atoms with Gasteiger partial charge in [0.2, 0.25) is 0 Å². The van der Waals surface area contributed by atoms with Gasteiger partial charge in [-0.2, -0.15) is 0 Å². The van der Waals surface area contributed by atoms with Crippen LogP contribution in [0.5, 0.6) is 0 Å². The first kappa shape index (κ1) is 20.9. The van der Waals surface area contributed by atoms with Crippen LogP contribution in [0.25, 0.3) is 22.2 Å². The molecule has 1 aliphatic rings. The number of ether oxygens (including phenoxy) is 1. The number of aliphatic hydroxyl groups excluding tert-OH is 5. The quantitative estimate of drug-likeness (QED) is 0.419. The number of aromatic nitrogens is 2. The average molecular weight is 414 g/mol. The van der Waals surface area contributed by atoms with Crippen LogP contribution in [0.1, 0.15) is 17.2 Å². The minimum atomic E-state index is -1.53. The first-order chi connectivity index (χ1) is 14.3. The molecule has 8 nitrogen and oxygen atoms in total. The average Bonchev–Trinajstić information content (AvgIpc) is 3.12. The lowest BCUT2D eigenvalue weighted by Gasteiger charge is -2.42. The molecule has 0 radical (unpaired) electrons. The number of imidazole rings is 1. The molecule has 30 heavy (non-hydrogen) atoms. The van der Waals surface area contributed by atoms with Crippen molar-refractivity contribution in [2.45, 2.75) is 43.5 Å². The number of aliphatic hydroxyl groups is 5. The van der Waals surface area contributed by atoms with E-state index in [2.05, 4.69) is 4.98 Å². The Morgan fingerprint density at radius 1 is 1.03 bits per heavy atom. The largest absolute Gasteiger partial charge is 0.394 e. The van der Waals surface area contributed by atoms with Crippen LogP contribution in [0.3, 0.4) is 0 Å². The molecule has 6 atom stereocenters. The first-order valence-corrected chi connectivity index (χ1v) is 9.82. The fourth-order valence-electron chi connectivity index (χ4n) is 4.06. The molecule has 0 amide bonds. The maximum absolute atomic E-state index is 10.9. The summed E-state index contributed by atoms with van der Waals surface area (Å²) >= 11 is 0. The van der Waals surface area contributed by atoms with Gasteiger partial charge in [-0.15, -0.1) is 0 Å². The van der Waals surface area contributed by atoms with E-state index >= 15 is 0 Å². The lowest BCUT2D eigenvalue weighted by atomic mass is 9.88. The zero-order valence-electron chi connectivity index (χ0n) is 16.8. The van der Waals surface area contributed by atoms with Crippen molar-refractivity contribution in [2.75, 3.05) is 6.61 Å². The summed E-state index contributed by atoms with van der Waals surface area (Å²) in [6.07, 6.45) is -6.21. The molecule has 0 bridgehead atoms. The predicted molar refractivity (Wildman–Crippen MR) is 110 cm³/mol. The second-order valence-electron chi connectivity index (χ2n) is 7.87. The molecule has 5 N–H and O–H groups in total. The van der Waals surface area contributed by atoms with Crippen LogP contribution < -0.4 is 0 Å². The van der Waals surface area contributed by atoms with Gasteiger partial charge in [-0.05, 0) is 41.3 Å². The Morgan fingerprint density at radius 2 is 1.73 bits per heavy atom. The van der Waals surface area contributed by atoms with E-state index in [-0.39, 0.29) is 0 Å². The summed E-state index contributed by atoms with van der Waals surface area (Å²) in [4.78, 5) is 4.33. The molecule has 3 aromatic rings. The van der Waals surface area contributed by atoms with Crippen LogP contribution in [-0.4, -0.2) is 72.2 Å². The van der Waals surface area contributed by atoms with Crippen LogP contribution >= 0.6 is 0 Å². The summed E-state index contributed by atoms with van der Waals surface area (Å²) in [6.45, 7) is 1.30. The molecule has 160 valence electrons. The number of aryl methyl sites for hydroxylation is 2. The van der Waals surface area contributed by atoms with Crippen molar-refractivity contribution in [2.24, 2.45) is 7.05 Å². The Hall–Kier alpha value is -2.33. The molecular weight excluding hydrogens is 388 g/mol. The summed E-state index contributed by atoms with van der Waals surface area (Å²) in [6, 6.07) is 11.5. The Kier molecular flexibility index (Phi) is 5.63. The lowest BCUT2D eigenvalue weighted by molar-refractivity contribution is -0.250. The summed E-state index contributed by atoms with van der Waals surface area (Å²) < 4.78 is 7.45. The number of rotatable bonds is 4. The third-order valence-corrected chi connectivity index (χ3v) is 5.89. The molecule has 8 heteroatoms. The normalized spacial score (nSPS) is 28.0. The van der Waals surface area contributed by atoms with Crippen LogP contribution in [0, 0.1) is 6.92 Å². The molecular formula is C22H26N2O6. The molecule has 1 aliphatic heterocycles. The van der Waals surface area contributed by atoms with Crippen molar-refractivity contribution in [3.05, 3.63) is 53.9 Å². The molecule has 0 unspecified atom stereocenters. The second kappa shape index (κ2) is 8.07. The van der Waals surface area contributed by atoms with E-state index in [0.717, 1.165) is 27.7 Å². The van der Waals surface area contributed by atoms with Gasteiger partial charge in [0.15, 0.2) is 0 Å². The Bertz CT molecular complexity index is 1050. The number of fused-ring (bicyclic) bond motifs is 1. The molecule has 1 aromatic heterocycles. The van der Waals surface area contributed by atoms with E-state index in [9.17, 15) is 25.5 Å². The van der Waals surface area contributed by atoms with Crippen molar-refractivity contribution in [3.63, 3.8) is 0 Å². The predicted octanol–water partition coefficient (Wildman–Crippen LogP) is 0.425. The van der Waals surface area contributed by atoms with E-state index in [4.69, 9.17) is 4.74 Å². The number of benzene rings is 2. The van der Waals surface area contributed by atoms with Crippen LogP contribution in [-0.2, 0) is 11.8 Å². The van der Waals surface area contributed by atoms with Crippen LogP contribution in [0.15, 0.2) is 42.7 Å². The van der Waals surface area contributed by atoms with Gasteiger partial charge in [0.25, 0.3) is 0 Å². The topological polar surface area (TPSA) is 128 Å². The van der Waals surface area contributed by atoms with Crippen molar-refractivity contribution in [1.29, 1.82) is 0 Å². The van der Waals surface area contributed by atoms with Gasteiger partial charge >= 0.3 is 0 Å². The molecule has 0 aliphatic carbocycles. The van der Waals surface area contributed by atoms with E-state index in [0.29, 0.717) is 5.56 Å². The summed E-state index contributed by atoms with van der Waals surface area (Å²) in [5, 5.41) is 50.5. The lowest BCUT2D eigenvalue weighted by Crippen LogP contribution is -2.59. The first-order valence-electron chi connectivity index (χ1n) is 9.82. The SMILES string of the molecule is Cc1cc(-c2ccc3ncn(C)c3c2)ccc1[C@@H](O)[C@H]1O[C@H](CO)[C@@H](O)[C@H](O)[C@@H]1O. The summed E-state index contributed by atoms with van der Waals surface area (Å²) in [5.74, 6) is 0.